The van der Waals surface area contributed by atoms with Crippen molar-refractivity contribution < 1.29 is 17.6 Å². The molecule has 5 heterocycles. The summed E-state index contributed by atoms with van der Waals surface area (Å²) in [5.41, 5.74) is 18.1. The zero-order valence-electron chi connectivity index (χ0n) is 38.1. The molecule has 0 aliphatic carbocycles. The van der Waals surface area contributed by atoms with E-state index in [1.54, 1.807) is 23.9 Å². The van der Waals surface area contributed by atoms with Gasteiger partial charge in [-0.2, -0.15) is 13.2 Å². The second-order valence-corrected chi connectivity index (χ2v) is 20.7. The fraction of sp³-hybridized carbons (Fsp3) is 0.172. The summed E-state index contributed by atoms with van der Waals surface area (Å²) in [4.78, 5) is 6.67. The first-order chi connectivity index (χ1) is 32.4. The van der Waals surface area contributed by atoms with Crippen LogP contribution in [0.3, 0.4) is 0 Å². The van der Waals surface area contributed by atoms with E-state index >= 15 is 13.2 Å². The van der Waals surface area contributed by atoms with Gasteiger partial charge in [0.2, 0.25) is 6.71 Å². The molecule has 0 amide bonds. The molecule has 0 atom stereocenters. The minimum atomic E-state index is -4.64. The number of fused-ring (bicyclic) bond motifs is 13. The van der Waals surface area contributed by atoms with Gasteiger partial charge >= 0.3 is 6.18 Å². The van der Waals surface area contributed by atoms with Gasteiger partial charge in [0.15, 0.2) is 0 Å². The quantitative estimate of drug-likeness (QED) is 0.160. The van der Waals surface area contributed by atoms with Crippen molar-refractivity contribution in [1.29, 1.82) is 0 Å². The molecule has 3 nitrogen and oxygen atoms in total. The van der Waals surface area contributed by atoms with E-state index in [-0.39, 0.29) is 30.9 Å². The Morgan fingerprint density at radius 1 is 0.507 bits per heavy atom. The van der Waals surface area contributed by atoms with Crippen molar-refractivity contribution in [2.45, 2.75) is 75.3 Å². The lowest BCUT2D eigenvalue weighted by atomic mass is 9.29. The lowest BCUT2D eigenvalue weighted by Gasteiger charge is -2.51. The van der Waals surface area contributed by atoms with Gasteiger partial charge in [0, 0.05) is 48.9 Å². The summed E-state index contributed by atoms with van der Waals surface area (Å²) in [6.07, 6.45) is -4.64. The third-order valence-corrected chi connectivity index (χ3v) is 16.1. The lowest BCUT2D eigenvalue weighted by Crippen LogP contribution is -2.68. The number of benzene rings is 8. The third kappa shape index (κ3) is 5.70. The highest BCUT2D eigenvalue weighted by Gasteiger charge is 2.53. The van der Waals surface area contributed by atoms with Crippen LogP contribution in [0.2, 0.25) is 0 Å². The van der Waals surface area contributed by atoms with E-state index in [1.165, 1.54) is 39.6 Å². The van der Waals surface area contributed by atoms with Crippen LogP contribution in [-0.4, -0.2) is 13.4 Å². The summed E-state index contributed by atoms with van der Waals surface area (Å²) >= 11 is 1.75. The molecule has 0 fully saturated rings. The van der Waals surface area contributed by atoms with Gasteiger partial charge in [0.05, 0.1) is 16.9 Å². The van der Waals surface area contributed by atoms with E-state index in [2.05, 4.69) is 137 Å². The van der Waals surface area contributed by atoms with Crippen LogP contribution < -0.4 is 42.6 Å². The van der Waals surface area contributed by atoms with Crippen molar-refractivity contribution in [3.8, 4) is 11.1 Å². The Morgan fingerprint density at radius 2 is 1.04 bits per heavy atom. The number of rotatable bonds is 5. The van der Waals surface area contributed by atoms with Gasteiger partial charge in [-0.3, -0.25) is 0 Å². The van der Waals surface area contributed by atoms with Crippen molar-refractivity contribution >= 4 is 114 Å². The largest absolute Gasteiger partial charge is 0.456 e. The monoisotopic (exact) mass is 896 g/mol. The van der Waals surface area contributed by atoms with Crippen LogP contribution in [0, 0.1) is 0 Å². The number of para-hydroxylation sites is 2. The van der Waals surface area contributed by atoms with Crippen LogP contribution in [0.1, 0.15) is 81.5 Å². The van der Waals surface area contributed by atoms with Crippen molar-refractivity contribution in [2.24, 2.45) is 0 Å². The van der Waals surface area contributed by atoms with Gasteiger partial charge in [0.25, 0.3) is 6.71 Å². The molecule has 0 N–H and O–H groups in total. The van der Waals surface area contributed by atoms with Gasteiger partial charge in [0.1, 0.15) is 11.2 Å². The molecule has 0 saturated heterocycles. The second kappa shape index (κ2) is 14.5. The Balaban J connectivity index is 1.30. The van der Waals surface area contributed by atoms with Gasteiger partial charge in [-0.15, -0.1) is 0 Å². The molecule has 326 valence electrons. The minimum Gasteiger partial charge on any atom is -0.456 e. The van der Waals surface area contributed by atoms with Crippen LogP contribution in [0.15, 0.2) is 160 Å². The standard InChI is InChI=1S/C58H45B2F3N2OS/c1-31(2)34-23-26-46-41(28-34)59-40-17-9-12-21-50(40)67-57-52(38-15-13-20-49-51(38)37-14-7-11-19-48(37)66-49)55-53-56(54(57)59)65(46)47-27-24-36(33(5)6)30-43(47)60(53)42-29-35(32(3)4)22-25-45(42)64(55)44-18-10-8-16-39(44)58(61,62)63/h7-33H,1-6H3. The number of hydrogen-bond donors (Lipinski definition) is 0. The second-order valence-electron chi connectivity index (χ2n) is 19.6. The van der Waals surface area contributed by atoms with E-state index < -0.39 is 11.7 Å². The Kier molecular flexibility index (Phi) is 8.78. The Labute approximate surface area is 393 Å². The summed E-state index contributed by atoms with van der Waals surface area (Å²) in [6, 6.07) is 49.8. The van der Waals surface area contributed by atoms with Crippen LogP contribution in [0.4, 0.5) is 47.3 Å². The van der Waals surface area contributed by atoms with Crippen molar-refractivity contribution in [3.63, 3.8) is 0 Å². The first-order valence-electron chi connectivity index (χ1n) is 23.5. The topological polar surface area (TPSA) is 19.6 Å². The maximum atomic E-state index is 15.8. The minimum absolute atomic E-state index is 0.102. The molecule has 0 spiro atoms. The van der Waals surface area contributed by atoms with Crippen molar-refractivity contribution in [3.05, 3.63) is 168 Å². The smallest absolute Gasteiger partial charge is 0.418 e. The lowest BCUT2D eigenvalue weighted by molar-refractivity contribution is -0.137. The summed E-state index contributed by atoms with van der Waals surface area (Å²) in [6.45, 7) is 12.9. The average Bonchev–Trinajstić information content (AvgIpc) is 3.72. The summed E-state index contributed by atoms with van der Waals surface area (Å²) in [5.74, 6) is 0.732. The van der Waals surface area contributed by atoms with Crippen LogP contribution in [0.25, 0.3) is 33.1 Å². The van der Waals surface area contributed by atoms with Crippen LogP contribution in [0.5, 0.6) is 0 Å². The molecule has 4 aliphatic heterocycles. The highest BCUT2D eigenvalue weighted by Crippen LogP contribution is 2.56. The van der Waals surface area contributed by atoms with E-state index in [9.17, 15) is 0 Å². The number of nitrogens with zero attached hydrogens (tertiary/aromatic N) is 2. The molecule has 8 aromatic carbocycles. The summed E-state index contributed by atoms with van der Waals surface area (Å²) < 4.78 is 54.1. The molecular formula is C58H45B2F3N2OS. The van der Waals surface area contributed by atoms with Gasteiger partial charge in [-0.25, -0.2) is 0 Å². The van der Waals surface area contributed by atoms with E-state index in [0.717, 1.165) is 93.2 Å². The fourth-order valence-corrected chi connectivity index (χ4v) is 13.0. The molecule has 0 saturated carbocycles. The van der Waals surface area contributed by atoms with Gasteiger partial charge in [-0.1, -0.05) is 156 Å². The SMILES string of the molecule is CC(C)c1ccc2c(c1)B1c3ccccc3Sc3c1c1c4c(c3-c3cccc5oc6ccccc6c35)N(c3ccccc3C(F)(F)F)c3ccc(C(C)C)cc3B4c3cc(C(C)C)ccc3N21. The van der Waals surface area contributed by atoms with Gasteiger partial charge in [-0.05, 0) is 116 Å². The molecule has 0 unspecified atom stereocenters. The molecule has 0 bridgehead atoms. The van der Waals surface area contributed by atoms with Crippen LogP contribution >= 0.6 is 11.8 Å². The first kappa shape index (κ1) is 40.7. The van der Waals surface area contributed by atoms with Crippen LogP contribution in [-0.2, 0) is 6.18 Å². The molecule has 9 heteroatoms. The molecule has 67 heavy (non-hydrogen) atoms. The zero-order chi connectivity index (χ0) is 45.8. The number of halogens is 3. The number of hydrogen-bond acceptors (Lipinski definition) is 4. The van der Waals surface area contributed by atoms with Crippen molar-refractivity contribution in [1.82, 2.24) is 0 Å². The Bertz CT molecular complexity index is 3590. The molecule has 0 radical (unpaired) electrons. The molecule has 13 rings (SSSR count). The predicted molar refractivity (Wildman–Crippen MR) is 276 cm³/mol. The average molecular weight is 897 g/mol. The fourth-order valence-electron chi connectivity index (χ4n) is 11.7. The maximum Gasteiger partial charge on any atom is 0.418 e. The maximum absolute atomic E-state index is 15.8. The normalized spacial score (nSPS) is 14.3. The van der Waals surface area contributed by atoms with E-state index in [4.69, 9.17) is 4.42 Å². The summed E-state index contributed by atoms with van der Waals surface area (Å²) in [7, 11) is 0. The predicted octanol–water partition coefficient (Wildman–Crippen LogP) is 13.0. The molecule has 9 aromatic rings. The number of anilines is 6. The highest BCUT2D eigenvalue weighted by molar-refractivity contribution is 8.00. The Hall–Kier alpha value is -6.57. The summed E-state index contributed by atoms with van der Waals surface area (Å²) in [5, 5.41) is 1.91. The van der Waals surface area contributed by atoms with Crippen molar-refractivity contribution in [2.75, 3.05) is 9.80 Å². The number of alkyl halides is 3. The third-order valence-electron chi connectivity index (χ3n) is 14.9. The molecular weight excluding hydrogens is 851 g/mol. The molecule has 4 aliphatic rings. The molecule has 1 aromatic heterocycles. The zero-order valence-corrected chi connectivity index (χ0v) is 38.9. The number of furan rings is 1. The van der Waals surface area contributed by atoms with E-state index in [0.29, 0.717) is 5.92 Å². The first-order valence-corrected chi connectivity index (χ1v) is 24.3. The Morgan fingerprint density at radius 3 is 1.67 bits per heavy atom. The highest BCUT2D eigenvalue weighted by atomic mass is 32.2. The van der Waals surface area contributed by atoms with E-state index in [1.807, 2.05) is 35.2 Å². The van der Waals surface area contributed by atoms with Gasteiger partial charge < -0.3 is 14.2 Å².